The largest absolute Gasteiger partial charge is 0.497 e. The van der Waals surface area contributed by atoms with Crippen LogP contribution in [0.3, 0.4) is 0 Å². The molecule has 2 heterocycles. The molecule has 0 unspecified atom stereocenters. The molecule has 136 valence electrons. The number of sulfonamides is 1. The summed E-state index contributed by atoms with van der Waals surface area (Å²) >= 11 is 1.65. The standard InChI is InChI=1S/C18H19N3O3S2/c1-24-14-6-8-15(9-7-14)26(22,23)21-12-10-20(11-13-21)18-19-16-4-2-3-5-17(16)25-18/h2-9H,10-13H2,1H3. The Labute approximate surface area is 156 Å². The molecule has 0 aliphatic carbocycles. The third-order valence-corrected chi connectivity index (χ3v) is 7.50. The van der Waals surface area contributed by atoms with E-state index in [1.807, 2.05) is 18.2 Å². The van der Waals surface area contributed by atoms with E-state index < -0.39 is 10.0 Å². The van der Waals surface area contributed by atoms with Crippen molar-refractivity contribution in [3.05, 3.63) is 48.5 Å². The molecule has 1 aliphatic rings. The zero-order valence-electron chi connectivity index (χ0n) is 14.3. The summed E-state index contributed by atoms with van der Waals surface area (Å²) in [5.41, 5.74) is 0.987. The summed E-state index contributed by atoms with van der Waals surface area (Å²) in [6, 6.07) is 14.6. The van der Waals surface area contributed by atoms with Crippen molar-refractivity contribution in [2.24, 2.45) is 0 Å². The van der Waals surface area contributed by atoms with Gasteiger partial charge in [-0.15, -0.1) is 0 Å². The second kappa shape index (κ2) is 6.86. The Morgan fingerprint density at radius 1 is 1.00 bits per heavy atom. The molecule has 1 aromatic heterocycles. The fraction of sp³-hybridized carbons (Fsp3) is 0.278. The van der Waals surface area contributed by atoms with Gasteiger partial charge in [-0.3, -0.25) is 0 Å². The third kappa shape index (κ3) is 3.15. The van der Waals surface area contributed by atoms with E-state index in [1.54, 1.807) is 47.0 Å². The van der Waals surface area contributed by atoms with Crippen LogP contribution < -0.4 is 9.64 Å². The number of aromatic nitrogens is 1. The van der Waals surface area contributed by atoms with Gasteiger partial charge in [-0.05, 0) is 36.4 Å². The summed E-state index contributed by atoms with van der Waals surface area (Å²) in [7, 11) is -1.92. The summed E-state index contributed by atoms with van der Waals surface area (Å²) in [6.07, 6.45) is 0. The first-order valence-electron chi connectivity index (χ1n) is 8.33. The lowest BCUT2D eigenvalue weighted by molar-refractivity contribution is 0.384. The van der Waals surface area contributed by atoms with Crippen molar-refractivity contribution < 1.29 is 13.2 Å². The highest BCUT2D eigenvalue weighted by Crippen LogP contribution is 2.30. The van der Waals surface area contributed by atoms with Crippen LogP contribution in [0.2, 0.25) is 0 Å². The molecule has 2 aromatic carbocycles. The number of thiazole rings is 1. The fourth-order valence-corrected chi connectivity index (χ4v) is 5.45. The van der Waals surface area contributed by atoms with Crippen LogP contribution in [0.1, 0.15) is 0 Å². The Hall–Kier alpha value is -2.16. The van der Waals surface area contributed by atoms with Gasteiger partial charge >= 0.3 is 0 Å². The van der Waals surface area contributed by atoms with Gasteiger partial charge in [-0.1, -0.05) is 23.5 Å². The number of hydrogen-bond donors (Lipinski definition) is 0. The Morgan fingerprint density at radius 3 is 2.35 bits per heavy atom. The smallest absolute Gasteiger partial charge is 0.243 e. The molecule has 0 radical (unpaired) electrons. The lowest BCUT2D eigenvalue weighted by atomic mass is 10.3. The Kier molecular flexibility index (Phi) is 4.56. The van der Waals surface area contributed by atoms with Crippen molar-refractivity contribution in [2.75, 3.05) is 38.2 Å². The summed E-state index contributed by atoms with van der Waals surface area (Å²) in [5, 5.41) is 0.952. The maximum atomic E-state index is 12.8. The maximum Gasteiger partial charge on any atom is 0.243 e. The van der Waals surface area contributed by atoms with Crippen LogP contribution in [0.5, 0.6) is 5.75 Å². The molecule has 1 aliphatic heterocycles. The number of piperazine rings is 1. The van der Waals surface area contributed by atoms with E-state index in [9.17, 15) is 8.42 Å². The monoisotopic (exact) mass is 389 g/mol. The minimum absolute atomic E-state index is 0.298. The average molecular weight is 390 g/mol. The van der Waals surface area contributed by atoms with Crippen molar-refractivity contribution in [3.63, 3.8) is 0 Å². The molecule has 1 fully saturated rings. The molecule has 6 nitrogen and oxygen atoms in total. The van der Waals surface area contributed by atoms with E-state index in [0.29, 0.717) is 36.8 Å². The van der Waals surface area contributed by atoms with Gasteiger partial charge < -0.3 is 9.64 Å². The van der Waals surface area contributed by atoms with Crippen molar-refractivity contribution in [1.29, 1.82) is 0 Å². The molecular weight excluding hydrogens is 370 g/mol. The second-order valence-corrected chi connectivity index (χ2v) is 8.98. The minimum Gasteiger partial charge on any atom is -0.497 e. The normalized spacial score (nSPS) is 16.1. The van der Waals surface area contributed by atoms with Crippen molar-refractivity contribution in [2.45, 2.75) is 4.90 Å². The van der Waals surface area contributed by atoms with Gasteiger partial charge in [0, 0.05) is 26.2 Å². The number of nitrogens with zero attached hydrogens (tertiary/aromatic N) is 3. The number of benzene rings is 2. The van der Waals surface area contributed by atoms with Crippen molar-refractivity contribution in [3.8, 4) is 5.75 Å². The Balaban J connectivity index is 1.48. The Bertz CT molecular complexity index is 975. The lowest BCUT2D eigenvalue weighted by Crippen LogP contribution is -2.48. The SMILES string of the molecule is COc1ccc(S(=O)(=O)N2CCN(c3nc4ccccc4s3)CC2)cc1. The Morgan fingerprint density at radius 2 is 1.69 bits per heavy atom. The van der Waals surface area contributed by atoms with Crippen LogP contribution in [0, 0.1) is 0 Å². The van der Waals surface area contributed by atoms with Crippen molar-refractivity contribution >= 4 is 36.7 Å². The van der Waals surface area contributed by atoms with Crippen LogP contribution in [-0.2, 0) is 10.0 Å². The van der Waals surface area contributed by atoms with Gasteiger partial charge in [0.25, 0.3) is 0 Å². The molecule has 8 heteroatoms. The zero-order chi connectivity index (χ0) is 18.1. The number of rotatable bonds is 4. The fourth-order valence-electron chi connectivity index (χ4n) is 3.01. The van der Waals surface area contributed by atoms with E-state index in [-0.39, 0.29) is 0 Å². The number of methoxy groups -OCH3 is 1. The molecule has 26 heavy (non-hydrogen) atoms. The molecule has 0 spiro atoms. The van der Waals surface area contributed by atoms with Crippen LogP contribution >= 0.6 is 11.3 Å². The van der Waals surface area contributed by atoms with Crippen LogP contribution in [0.25, 0.3) is 10.2 Å². The first kappa shape index (κ1) is 17.3. The first-order chi connectivity index (χ1) is 12.6. The molecule has 0 saturated carbocycles. The molecular formula is C18H19N3O3S2. The highest BCUT2D eigenvalue weighted by Gasteiger charge is 2.29. The van der Waals surface area contributed by atoms with Gasteiger partial charge in [0.1, 0.15) is 5.75 Å². The van der Waals surface area contributed by atoms with Gasteiger partial charge in [0.2, 0.25) is 10.0 Å². The van der Waals surface area contributed by atoms with E-state index in [2.05, 4.69) is 16.0 Å². The molecule has 1 saturated heterocycles. The quantitative estimate of drug-likeness (QED) is 0.687. The van der Waals surface area contributed by atoms with E-state index in [4.69, 9.17) is 4.74 Å². The number of fused-ring (bicyclic) bond motifs is 1. The van der Waals surface area contributed by atoms with Gasteiger partial charge in [-0.2, -0.15) is 4.31 Å². The molecule has 0 N–H and O–H groups in total. The summed E-state index contributed by atoms with van der Waals surface area (Å²) < 4.78 is 33.4. The number of ether oxygens (including phenoxy) is 1. The predicted octanol–water partition coefficient (Wildman–Crippen LogP) is 2.82. The molecule has 3 aromatic rings. The van der Waals surface area contributed by atoms with E-state index in [0.717, 1.165) is 15.3 Å². The topological polar surface area (TPSA) is 62.7 Å². The first-order valence-corrected chi connectivity index (χ1v) is 10.6. The molecule has 0 bridgehead atoms. The number of para-hydroxylation sites is 1. The minimum atomic E-state index is -3.48. The summed E-state index contributed by atoms with van der Waals surface area (Å²) in [4.78, 5) is 7.12. The summed E-state index contributed by atoms with van der Waals surface area (Å²) in [6.45, 7) is 2.17. The third-order valence-electron chi connectivity index (χ3n) is 4.49. The van der Waals surface area contributed by atoms with Crippen LogP contribution in [-0.4, -0.2) is 51.0 Å². The molecule has 4 rings (SSSR count). The second-order valence-electron chi connectivity index (χ2n) is 6.03. The predicted molar refractivity (Wildman–Crippen MR) is 104 cm³/mol. The van der Waals surface area contributed by atoms with Gasteiger partial charge in [-0.25, -0.2) is 13.4 Å². The highest BCUT2D eigenvalue weighted by atomic mass is 32.2. The van der Waals surface area contributed by atoms with Crippen LogP contribution in [0.4, 0.5) is 5.13 Å². The highest BCUT2D eigenvalue weighted by molar-refractivity contribution is 7.89. The number of anilines is 1. The van der Waals surface area contributed by atoms with Gasteiger partial charge in [0.15, 0.2) is 5.13 Å². The van der Waals surface area contributed by atoms with E-state index >= 15 is 0 Å². The average Bonchev–Trinajstić information content (AvgIpc) is 3.12. The van der Waals surface area contributed by atoms with E-state index in [1.165, 1.54) is 0 Å². The van der Waals surface area contributed by atoms with Gasteiger partial charge in [0.05, 0.1) is 22.2 Å². The van der Waals surface area contributed by atoms with Crippen molar-refractivity contribution in [1.82, 2.24) is 9.29 Å². The summed E-state index contributed by atoms with van der Waals surface area (Å²) in [5.74, 6) is 0.643. The zero-order valence-corrected chi connectivity index (χ0v) is 16.0. The lowest BCUT2D eigenvalue weighted by Gasteiger charge is -2.33. The molecule has 0 amide bonds. The molecule has 0 atom stereocenters. The van der Waals surface area contributed by atoms with Crippen LogP contribution in [0.15, 0.2) is 53.4 Å². The maximum absolute atomic E-state index is 12.8. The number of hydrogen-bond acceptors (Lipinski definition) is 6.